The van der Waals surface area contributed by atoms with Gasteiger partial charge in [-0.1, -0.05) is 13.3 Å². The summed E-state index contributed by atoms with van der Waals surface area (Å²) in [4.78, 5) is 0. The summed E-state index contributed by atoms with van der Waals surface area (Å²) in [6.07, 6.45) is 1.33. The highest BCUT2D eigenvalue weighted by Gasteiger charge is 2.28. The fourth-order valence-corrected chi connectivity index (χ4v) is 4.41. The third-order valence-electron chi connectivity index (χ3n) is 3.56. The first-order chi connectivity index (χ1) is 8.27. The van der Waals surface area contributed by atoms with Crippen molar-refractivity contribution in [3.63, 3.8) is 0 Å². The van der Waals surface area contributed by atoms with Crippen LogP contribution in [0.1, 0.15) is 33.6 Å². The van der Waals surface area contributed by atoms with Gasteiger partial charge in [-0.3, -0.25) is 0 Å². The molecule has 0 aliphatic carbocycles. The van der Waals surface area contributed by atoms with E-state index in [0.29, 0.717) is 6.61 Å². The molecule has 0 radical (unpaired) electrons. The summed E-state index contributed by atoms with van der Waals surface area (Å²) in [6.45, 7) is 8.37. The Morgan fingerprint density at radius 2 is 1.94 bits per heavy atom. The molecule has 0 saturated heterocycles. The van der Waals surface area contributed by atoms with Crippen LogP contribution in [0.3, 0.4) is 0 Å². The Bertz CT molecular complexity index is 221. The Morgan fingerprint density at radius 1 is 1.33 bits per heavy atom. The molecule has 3 atom stereocenters. The molecular formula is C13H30O4Si. The van der Waals surface area contributed by atoms with Crippen LogP contribution in [0.4, 0.5) is 0 Å². The Hall–Kier alpha value is 0.0569. The van der Waals surface area contributed by atoms with E-state index in [1.54, 1.807) is 21.0 Å². The summed E-state index contributed by atoms with van der Waals surface area (Å²) in [5.74, 6) is 0. The maximum Gasteiger partial charge on any atom is 0.189 e. The van der Waals surface area contributed by atoms with Gasteiger partial charge in [-0.2, -0.15) is 0 Å². The number of aliphatic hydroxyl groups excluding tert-OH is 1. The smallest absolute Gasteiger partial charge is 0.189 e. The maximum absolute atomic E-state index is 9.79. The van der Waals surface area contributed by atoms with Crippen LogP contribution in [-0.2, 0) is 9.16 Å². The van der Waals surface area contributed by atoms with E-state index in [2.05, 4.69) is 13.5 Å². The van der Waals surface area contributed by atoms with E-state index in [1.165, 1.54) is 6.04 Å². The monoisotopic (exact) mass is 278 g/mol. The average Bonchev–Trinajstić information content (AvgIpc) is 2.28. The number of aliphatic hydroxyl groups is 2. The van der Waals surface area contributed by atoms with Gasteiger partial charge in [-0.25, -0.2) is 0 Å². The van der Waals surface area contributed by atoms with E-state index in [1.807, 2.05) is 0 Å². The van der Waals surface area contributed by atoms with Crippen molar-refractivity contribution in [1.82, 2.24) is 0 Å². The largest absolute Gasteiger partial charge is 0.420 e. The molecule has 110 valence electrons. The zero-order valence-corrected chi connectivity index (χ0v) is 13.5. The SMILES string of the molecule is CCC[Si](C)(CCCOCC(C)(O)C(C)O)OC. The van der Waals surface area contributed by atoms with E-state index in [4.69, 9.17) is 9.16 Å². The molecular weight excluding hydrogens is 248 g/mol. The molecule has 2 N–H and O–H groups in total. The Kier molecular flexibility index (Phi) is 8.30. The summed E-state index contributed by atoms with van der Waals surface area (Å²) in [5.41, 5.74) is -1.16. The summed E-state index contributed by atoms with van der Waals surface area (Å²) >= 11 is 0. The van der Waals surface area contributed by atoms with Crippen molar-refractivity contribution in [2.45, 2.75) is 64.0 Å². The molecule has 0 amide bonds. The van der Waals surface area contributed by atoms with Crippen molar-refractivity contribution < 1.29 is 19.4 Å². The molecule has 0 saturated carbocycles. The average molecular weight is 278 g/mol. The second-order valence-corrected chi connectivity index (χ2v) is 9.90. The van der Waals surface area contributed by atoms with E-state index in [0.717, 1.165) is 18.9 Å². The molecule has 0 fully saturated rings. The van der Waals surface area contributed by atoms with E-state index in [-0.39, 0.29) is 6.61 Å². The third-order valence-corrected chi connectivity index (χ3v) is 7.51. The van der Waals surface area contributed by atoms with Crippen molar-refractivity contribution in [2.75, 3.05) is 20.3 Å². The first kappa shape index (κ1) is 18.1. The highest BCUT2D eigenvalue weighted by atomic mass is 28.4. The normalized spacial score (nSPS) is 20.2. The highest BCUT2D eigenvalue weighted by Crippen LogP contribution is 2.20. The quantitative estimate of drug-likeness (QED) is 0.475. The van der Waals surface area contributed by atoms with Gasteiger partial charge in [0, 0.05) is 13.7 Å². The fourth-order valence-electron chi connectivity index (χ4n) is 1.81. The van der Waals surface area contributed by atoms with E-state index >= 15 is 0 Å². The van der Waals surface area contributed by atoms with Gasteiger partial charge in [0.2, 0.25) is 0 Å². The summed E-state index contributed by atoms with van der Waals surface area (Å²) in [6, 6.07) is 2.25. The number of rotatable bonds is 10. The number of hydrogen-bond acceptors (Lipinski definition) is 4. The second-order valence-electron chi connectivity index (χ2n) is 5.59. The van der Waals surface area contributed by atoms with Crippen LogP contribution in [0.25, 0.3) is 0 Å². The van der Waals surface area contributed by atoms with Crippen LogP contribution >= 0.6 is 0 Å². The van der Waals surface area contributed by atoms with Crippen LogP contribution in [0.15, 0.2) is 0 Å². The van der Waals surface area contributed by atoms with Crippen molar-refractivity contribution in [3.8, 4) is 0 Å². The van der Waals surface area contributed by atoms with Crippen LogP contribution in [-0.4, -0.2) is 50.6 Å². The van der Waals surface area contributed by atoms with Crippen molar-refractivity contribution >= 4 is 8.32 Å². The van der Waals surface area contributed by atoms with Crippen LogP contribution < -0.4 is 0 Å². The summed E-state index contributed by atoms with van der Waals surface area (Å²) in [5, 5.41) is 19.1. The molecule has 0 spiro atoms. The lowest BCUT2D eigenvalue weighted by atomic mass is 10.0. The minimum atomic E-state index is -1.53. The molecule has 18 heavy (non-hydrogen) atoms. The van der Waals surface area contributed by atoms with Gasteiger partial charge in [0.25, 0.3) is 0 Å². The third kappa shape index (κ3) is 6.85. The van der Waals surface area contributed by atoms with Gasteiger partial charge in [-0.15, -0.1) is 0 Å². The zero-order chi connectivity index (χ0) is 14.2. The van der Waals surface area contributed by atoms with Gasteiger partial charge in [0.15, 0.2) is 8.32 Å². The van der Waals surface area contributed by atoms with Crippen molar-refractivity contribution in [2.24, 2.45) is 0 Å². The molecule has 0 aromatic heterocycles. The van der Waals surface area contributed by atoms with Gasteiger partial charge < -0.3 is 19.4 Å². The predicted molar refractivity (Wildman–Crippen MR) is 76.3 cm³/mol. The van der Waals surface area contributed by atoms with Gasteiger partial charge in [0.1, 0.15) is 5.60 Å². The minimum Gasteiger partial charge on any atom is -0.420 e. The van der Waals surface area contributed by atoms with Crippen molar-refractivity contribution in [3.05, 3.63) is 0 Å². The Balaban J connectivity index is 3.80. The lowest BCUT2D eigenvalue weighted by molar-refractivity contribution is -0.102. The zero-order valence-electron chi connectivity index (χ0n) is 12.5. The molecule has 0 rings (SSSR count). The first-order valence-electron chi connectivity index (χ1n) is 6.81. The van der Waals surface area contributed by atoms with Gasteiger partial charge >= 0.3 is 0 Å². The molecule has 0 aliphatic rings. The van der Waals surface area contributed by atoms with Crippen LogP contribution in [0.5, 0.6) is 0 Å². The lowest BCUT2D eigenvalue weighted by Crippen LogP contribution is -2.42. The highest BCUT2D eigenvalue weighted by molar-refractivity contribution is 6.72. The van der Waals surface area contributed by atoms with Crippen molar-refractivity contribution in [1.29, 1.82) is 0 Å². The molecule has 0 heterocycles. The summed E-state index contributed by atoms with van der Waals surface area (Å²) < 4.78 is 11.1. The molecule has 5 heteroatoms. The molecule has 3 unspecified atom stereocenters. The van der Waals surface area contributed by atoms with E-state index in [9.17, 15) is 10.2 Å². The topological polar surface area (TPSA) is 58.9 Å². The molecule has 0 bridgehead atoms. The summed E-state index contributed by atoms with van der Waals surface area (Å²) in [7, 11) is 0.274. The maximum atomic E-state index is 9.79. The number of ether oxygens (including phenoxy) is 1. The van der Waals surface area contributed by atoms with E-state index < -0.39 is 20.0 Å². The Morgan fingerprint density at radius 3 is 2.39 bits per heavy atom. The van der Waals surface area contributed by atoms with Crippen LogP contribution in [0.2, 0.25) is 18.6 Å². The predicted octanol–water partition coefficient (Wildman–Crippen LogP) is 2.16. The molecule has 0 aromatic carbocycles. The Labute approximate surface area is 112 Å². The standard InChI is InChI=1S/C13H30O4Si/c1-6-9-18(5,16-4)10-7-8-17-11-13(3,15)12(2)14/h12,14-15H,6-11H2,1-5H3. The van der Waals surface area contributed by atoms with Crippen LogP contribution in [0, 0.1) is 0 Å². The fraction of sp³-hybridized carbons (Fsp3) is 1.00. The minimum absolute atomic E-state index is 0.170. The number of hydrogen-bond donors (Lipinski definition) is 2. The molecule has 0 aromatic rings. The lowest BCUT2D eigenvalue weighted by Gasteiger charge is -2.27. The van der Waals surface area contributed by atoms with Gasteiger partial charge in [0.05, 0.1) is 12.7 Å². The molecule has 0 aliphatic heterocycles. The molecule has 4 nitrogen and oxygen atoms in total. The first-order valence-corrected chi connectivity index (χ1v) is 9.63. The van der Waals surface area contributed by atoms with Gasteiger partial charge in [-0.05, 0) is 38.9 Å². The second kappa shape index (κ2) is 8.27.